The maximum absolute atomic E-state index is 13.5. The van der Waals surface area contributed by atoms with E-state index in [9.17, 15) is 14.0 Å². The van der Waals surface area contributed by atoms with Crippen LogP contribution in [0.4, 0.5) is 10.1 Å². The second kappa shape index (κ2) is 14.5. The zero-order valence-corrected chi connectivity index (χ0v) is 23.6. The summed E-state index contributed by atoms with van der Waals surface area (Å²) in [6, 6.07) is 21.4. The van der Waals surface area contributed by atoms with Crippen molar-refractivity contribution in [2.75, 3.05) is 26.3 Å². The number of aliphatic imine (C=N–C) groups is 1. The summed E-state index contributed by atoms with van der Waals surface area (Å²) in [6.45, 7) is 5.75. The van der Waals surface area contributed by atoms with Gasteiger partial charge in [0.15, 0.2) is 16.7 Å². The van der Waals surface area contributed by atoms with Gasteiger partial charge in [0.25, 0.3) is 0 Å². The highest BCUT2D eigenvalue weighted by Gasteiger charge is 2.35. The number of carbonyl (C=O) groups is 2. The first-order valence-corrected chi connectivity index (χ1v) is 14.4. The summed E-state index contributed by atoms with van der Waals surface area (Å²) in [5.41, 5.74) is 2.62. The van der Waals surface area contributed by atoms with E-state index in [-0.39, 0.29) is 24.1 Å². The number of amides is 2. The molecule has 1 atom stereocenters. The van der Waals surface area contributed by atoms with Gasteiger partial charge < -0.3 is 14.8 Å². The van der Waals surface area contributed by atoms with Crippen molar-refractivity contribution in [2.24, 2.45) is 4.99 Å². The van der Waals surface area contributed by atoms with Gasteiger partial charge in [-0.1, -0.05) is 48.2 Å². The highest BCUT2D eigenvalue weighted by atomic mass is 32.2. The minimum absolute atomic E-state index is 0.0747. The highest BCUT2D eigenvalue weighted by Crippen LogP contribution is 2.30. The molecule has 0 bridgehead atoms. The monoisotopic (exact) mass is 563 g/mol. The number of thioether (sulfide) groups is 1. The Hall–Kier alpha value is -3.85. The van der Waals surface area contributed by atoms with Crippen LogP contribution in [0, 0.1) is 5.82 Å². The molecule has 1 heterocycles. The Kier molecular flexibility index (Phi) is 10.6. The minimum Gasteiger partial charge on any atom is -0.490 e. The van der Waals surface area contributed by atoms with E-state index in [1.807, 2.05) is 62.4 Å². The summed E-state index contributed by atoms with van der Waals surface area (Å²) in [7, 11) is 0. The molecule has 0 spiro atoms. The summed E-state index contributed by atoms with van der Waals surface area (Å²) in [5, 5.41) is 2.79. The zero-order valence-electron chi connectivity index (χ0n) is 22.8. The number of rotatable bonds is 12. The van der Waals surface area contributed by atoms with Crippen LogP contribution >= 0.6 is 11.8 Å². The van der Waals surface area contributed by atoms with Crippen LogP contribution in [-0.4, -0.2) is 53.4 Å². The third kappa shape index (κ3) is 8.08. The molecule has 2 amide bonds. The van der Waals surface area contributed by atoms with E-state index in [1.165, 1.54) is 23.9 Å². The van der Waals surface area contributed by atoms with E-state index in [0.717, 1.165) is 11.1 Å². The van der Waals surface area contributed by atoms with Gasteiger partial charge in [-0.3, -0.25) is 14.5 Å². The lowest BCUT2D eigenvalue weighted by atomic mass is 10.1. The van der Waals surface area contributed by atoms with Crippen LogP contribution in [0.3, 0.4) is 0 Å². The van der Waals surface area contributed by atoms with E-state index in [4.69, 9.17) is 9.47 Å². The summed E-state index contributed by atoms with van der Waals surface area (Å²) in [4.78, 5) is 32.6. The molecule has 1 N–H and O–H groups in total. The highest BCUT2D eigenvalue weighted by molar-refractivity contribution is 8.15. The van der Waals surface area contributed by atoms with Crippen LogP contribution in [0.2, 0.25) is 0 Å². The molecule has 210 valence electrons. The number of benzene rings is 3. The summed E-state index contributed by atoms with van der Waals surface area (Å²) >= 11 is 1.26. The van der Waals surface area contributed by atoms with Crippen LogP contribution in [-0.2, 0) is 22.4 Å². The molecular formula is C31H34FN3O4S. The van der Waals surface area contributed by atoms with Gasteiger partial charge in [0.05, 0.1) is 24.2 Å². The molecule has 3 aromatic carbocycles. The van der Waals surface area contributed by atoms with Crippen molar-refractivity contribution in [2.45, 2.75) is 38.4 Å². The maximum Gasteiger partial charge on any atom is 0.234 e. The lowest BCUT2D eigenvalue weighted by Crippen LogP contribution is -2.47. The molecule has 0 aliphatic carbocycles. The molecule has 1 fully saturated rings. The zero-order chi connectivity index (χ0) is 28.3. The molecule has 1 aliphatic rings. The average Bonchev–Trinajstić information content (AvgIpc) is 2.96. The van der Waals surface area contributed by atoms with Gasteiger partial charge in [-0.2, -0.15) is 0 Å². The largest absolute Gasteiger partial charge is 0.490 e. The smallest absolute Gasteiger partial charge is 0.234 e. The summed E-state index contributed by atoms with van der Waals surface area (Å²) in [5.74, 6) is 0.626. The van der Waals surface area contributed by atoms with Crippen LogP contribution in [0.5, 0.6) is 11.5 Å². The summed E-state index contributed by atoms with van der Waals surface area (Å²) in [6.07, 6.45) is 1.33. The van der Waals surface area contributed by atoms with Gasteiger partial charge in [-0.15, -0.1) is 0 Å². The SMILES string of the molecule is CCOc1ccc(CCNC(=O)[C@@H]2CC(=O)N(CCc3ccccc3)C(=Nc3ccc(F)cc3)S2)cc1OCC. The Balaban J connectivity index is 1.42. The van der Waals surface area contributed by atoms with Crippen LogP contribution in [0.25, 0.3) is 0 Å². The molecule has 0 unspecified atom stereocenters. The third-order valence-electron chi connectivity index (χ3n) is 6.27. The Morgan fingerprint density at radius 2 is 1.70 bits per heavy atom. The van der Waals surface area contributed by atoms with Gasteiger partial charge in [-0.05, 0) is 74.2 Å². The number of amidine groups is 1. The predicted molar refractivity (Wildman–Crippen MR) is 157 cm³/mol. The molecule has 7 nitrogen and oxygen atoms in total. The van der Waals surface area contributed by atoms with Gasteiger partial charge >= 0.3 is 0 Å². The lowest BCUT2D eigenvalue weighted by molar-refractivity contribution is -0.130. The van der Waals surface area contributed by atoms with E-state index < -0.39 is 5.25 Å². The molecule has 9 heteroatoms. The van der Waals surface area contributed by atoms with Crippen LogP contribution in [0.15, 0.2) is 77.8 Å². The number of nitrogens with one attached hydrogen (secondary N) is 1. The van der Waals surface area contributed by atoms with Crippen molar-refractivity contribution in [3.63, 3.8) is 0 Å². The van der Waals surface area contributed by atoms with Crippen molar-refractivity contribution in [3.05, 3.63) is 89.7 Å². The van der Waals surface area contributed by atoms with Crippen molar-refractivity contribution in [1.29, 1.82) is 0 Å². The van der Waals surface area contributed by atoms with E-state index in [2.05, 4.69) is 10.3 Å². The number of ether oxygens (including phenoxy) is 2. The second-order valence-electron chi connectivity index (χ2n) is 9.15. The minimum atomic E-state index is -0.612. The molecule has 0 saturated carbocycles. The van der Waals surface area contributed by atoms with E-state index in [1.54, 1.807) is 17.0 Å². The van der Waals surface area contributed by atoms with Crippen molar-refractivity contribution < 1.29 is 23.5 Å². The van der Waals surface area contributed by atoms with Crippen LogP contribution < -0.4 is 14.8 Å². The third-order valence-corrected chi connectivity index (χ3v) is 7.46. The van der Waals surface area contributed by atoms with Gasteiger partial charge in [0.2, 0.25) is 11.8 Å². The van der Waals surface area contributed by atoms with Gasteiger partial charge in [0, 0.05) is 19.5 Å². The number of hydrogen-bond acceptors (Lipinski definition) is 6. The Morgan fingerprint density at radius 1 is 0.975 bits per heavy atom. The first kappa shape index (κ1) is 29.1. The fourth-order valence-corrected chi connectivity index (χ4v) is 5.42. The van der Waals surface area contributed by atoms with Crippen molar-refractivity contribution >= 4 is 34.4 Å². The van der Waals surface area contributed by atoms with Crippen LogP contribution in [0.1, 0.15) is 31.4 Å². The normalized spacial score (nSPS) is 16.2. The summed E-state index contributed by atoms with van der Waals surface area (Å²) < 4.78 is 24.8. The van der Waals surface area contributed by atoms with Gasteiger partial charge in [0.1, 0.15) is 5.82 Å². The Bertz CT molecular complexity index is 1320. The van der Waals surface area contributed by atoms with Crippen molar-refractivity contribution in [3.8, 4) is 11.5 Å². The maximum atomic E-state index is 13.5. The fraction of sp³-hybridized carbons (Fsp3) is 0.323. The number of carbonyl (C=O) groups excluding carboxylic acids is 2. The topological polar surface area (TPSA) is 80.2 Å². The first-order chi connectivity index (χ1) is 19.5. The predicted octanol–water partition coefficient (Wildman–Crippen LogP) is 5.55. The quantitative estimate of drug-likeness (QED) is 0.313. The van der Waals surface area contributed by atoms with Gasteiger partial charge in [-0.25, -0.2) is 9.38 Å². The second-order valence-corrected chi connectivity index (χ2v) is 10.3. The van der Waals surface area contributed by atoms with E-state index >= 15 is 0 Å². The molecule has 1 aliphatic heterocycles. The number of nitrogens with zero attached hydrogens (tertiary/aromatic N) is 2. The molecule has 0 radical (unpaired) electrons. The molecule has 0 aromatic heterocycles. The lowest BCUT2D eigenvalue weighted by Gasteiger charge is -2.32. The molecule has 3 aromatic rings. The first-order valence-electron chi connectivity index (χ1n) is 13.5. The molecular weight excluding hydrogens is 529 g/mol. The molecule has 40 heavy (non-hydrogen) atoms. The standard InChI is InChI=1S/C31H34FN3O4S/c1-3-38-26-15-10-23(20-27(26)39-4-2)16-18-33-30(37)28-21-29(36)35(19-17-22-8-6-5-7-9-22)31(40-28)34-25-13-11-24(32)12-14-25/h5-15,20,28H,3-4,16-19,21H2,1-2H3,(H,33,37)/t28-/m0/s1. The van der Waals surface area contributed by atoms with E-state index in [0.29, 0.717) is 61.5 Å². The molecule has 4 rings (SSSR count). The number of hydrogen-bond donors (Lipinski definition) is 1. The number of halogens is 1. The van der Waals surface area contributed by atoms with Crippen molar-refractivity contribution in [1.82, 2.24) is 10.2 Å². The average molecular weight is 564 g/mol. The fourth-order valence-electron chi connectivity index (χ4n) is 4.27. The molecule has 1 saturated heterocycles. The Morgan fingerprint density at radius 3 is 2.42 bits per heavy atom. The Labute approximate surface area is 238 Å².